The predicted octanol–water partition coefficient (Wildman–Crippen LogP) is 1.00. The summed E-state index contributed by atoms with van der Waals surface area (Å²) in [5.74, 6) is 0.788. The molecule has 1 aliphatic rings. The molecule has 2 N–H and O–H groups in total. The number of piperidine rings is 1. The number of carboxylic acid groups (broad SMARTS) is 1. The van der Waals surface area contributed by atoms with Gasteiger partial charge in [0.2, 0.25) is 0 Å². The zero-order valence-corrected chi connectivity index (χ0v) is 7.94. The summed E-state index contributed by atoms with van der Waals surface area (Å²) in [5, 5.41) is 17.6. The highest BCUT2D eigenvalue weighted by atomic mass is 16.4. The molecule has 4 nitrogen and oxygen atoms in total. The topological polar surface area (TPSA) is 60.8 Å². The summed E-state index contributed by atoms with van der Waals surface area (Å²) in [6.07, 6.45) is 0.942. The van der Waals surface area contributed by atoms with Gasteiger partial charge in [-0.15, -0.1) is 0 Å². The van der Waals surface area contributed by atoms with Crippen LogP contribution < -0.4 is 0 Å². The molecule has 0 bridgehead atoms. The molecule has 1 fully saturated rings. The number of nitrogens with zero attached hydrogens (tertiary/aromatic N) is 1. The Hall–Kier alpha value is -0.770. The van der Waals surface area contributed by atoms with Crippen molar-refractivity contribution in [3.8, 4) is 0 Å². The number of rotatable bonds is 2. The Labute approximate surface area is 78.2 Å². The maximum Gasteiger partial charge on any atom is 0.407 e. The second kappa shape index (κ2) is 4.46. The fraction of sp³-hybridized carbons (Fsp3) is 0.889. The normalized spacial score (nSPS) is 21.5. The molecule has 1 aliphatic heterocycles. The number of aliphatic hydroxyl groups excluding tert-OH is 1. The first-order chi connectivity index (χ1) is 6.15. The zero-order valence-electron chi connectivity index (χ0n) is 7.94. The van der Waals surface area contributed by atoms with Crippen molar-refractivity contribution in [1.29, 1.82) is 0 Å². The number of hydrogen-bond acceptors (Lipinski definition) is 2. The van der Waals surface area contributed by atoms with Gasteiger partial charge in [-0.2, -0.15) is 0 Å². The Morgan fingerprint density at radius 3 is 2.46 bits per heavy atom. The molecule has 4 heteroatoms. The number of hydrogen-bond donors (Lipinski definition) is 2. The first kappa shape index (κ1) is 10.3. The highest BCUT2D eigenvalue weighted by Gasteiger charge is 2.25. The van der Waals surface area contributed by atoms with E-state index in [2.05, 4.69) is 0 Å². The van der Waals surface area contributed by atoms with Gasteiger partial charge in [0, 0.05) is 19.7 Å². The van der Waals surface area contributed by atoms with E-state index in [1.165, 1.54) is 4.90 Å². The van der Waals surface area contributed by atoms with Crippen molar-refractivity contribution >= 4 is 6.09 Å². The quantitative estimate of drug-likeness (QED) is 0.678. The van der Waals surface area contributed by atoms with Crippen molar-refractivity contribution in [2.45, 2.75) is 19.8 Å². The molecule has 76 valence electrons. The van der Waals surface area contributed by atoms with Crippen LogP contribution in [0.5, 0.6) is 0 Å². The first-order valence-corrected chi connectivity index (χ1v) is 4.74. The van der Waals surface area contributed by atoms with Crippen LogP contribution in [0.4, 0.5) is 4.79 Å². The van der Waals surface area contributed by atoms with Gasteiger partial charge >= 0.3 is 6.09 Å². The molecule has 1 rings (SSSR count). The van der Waals surface area contributed by atoms with Gasteiger partial charge < -0.3 is 15.1 Å². The van der Waals surface area contributed by atoms with Gasteiger partial charge in [0.15, 0.2) is 0 Å². The Morgan fingerprint density at radius 1 is 1.54 bits per heavy atom. The fourth-order valence-electron chi connectivity index (χ4n) is 1.81. The van der Waals surface area contributed by atoms with E-state index in [-0.39, 0.29) is 6.61 Å². The van der Waals surface area contributed by atoms with E-state index in [0.717, 1.165) is 12.8 Å². The van der Waals surface area contributed by atoms with Crippen LogP contribution in [0, 0.1) is 11.8 Å². The van der Waals surface area contributed by atoms with Gasteiger partial charge in [-0.1, -0.05) is 6.92 Å². The van der Waals surface area contributed by atoms with Crippen LogP contribution in [-0.4, -0.2) is 40.9 Å². The van der Waals surface area contributed by atoms with Gasteiger partial charge in [-0.05, 0) is 24.7 Å². The van der Waals surface area contributed by atoms with Crippen molar-refractivity contribution in [2.24, 2.45) is 11.8 Å². The van der Waals surface area contributed by atoms with Gasteiger partial charge in [-0.25, -0.2) is 4.79 Å². The average molecular weight is 187 g/mol. The Bertz CT molecular complexity index is 176. The highest BCUT2D eigenvalue weighted by molar-refractivity contribution is 5.64. The Morgan fingerprint density at radius 2 is 2.08 bits per heavy atom. The summed E-state index contributed by atoms with van der Waals surface area (Å²) >= 11 is 0. The number of likely N-dealkylation sites (tertiary alicyclic amines) is 1. The van der Waals surface area contributed by atoms with Crippen LogP contribution in [0.25, 0.3) is 0 Å². The molecular formula is C9H17NO3. The number of carbonyl (C=O) groups is 1. The molecule has 13 heavy (non-hydrogen) atoms. The highest BCUT2D eigenvalue weighted by Crippen LogP contribution is 2.24. The SMILES string of the molecule is CC(CO)C1CCN(C(=O)O)CC1. The van der Waals surface area contributed by atoms with E-state index in [1.54, 1.807) is 0 Å². The second-order valence-electron chi connectivity index (χ2n) is 3.77. The number of aliphatic hydroxyl groups is 1. The van der Waals surface area contributed by atoms with Crippen LogP contribution in [0.3, 0.4) is 0 Å². The molecule has 1 atom stereocenters. The van der Waals surface area contributed by atoms with E-state index >= 15 is 0 Å². The minimum Gasteiger partial charge on any atom is -0.465 e. The molecule has 1 amide bonds. The van der Waals surface area contributed by atoms with Crippen LogP contribution in [-0.2, 0) is 0 Å². The first-order valence-electron chi connectivity index (χ1n) is 4.74. The zero-order chi connectivity index (χ0) is 9.84. The molecule has 0 spiro atoms. The maximum atomic E-state index is 10.6. The van der Waals surface area contributed by atoms with E-state index in [0.29, 0.717) is 24.9 Å². The summed E-state index contributed by atoms with van der Waals surface area (Å²) in [5.41, 5.74) is 0. The smallest absolute Gasteiger partial charge is 0.407 e. The van der Waals surface area contributed by atoms with Crippen molar-refractivity contribution in [2.75, 3.05) is 19.7 Å². The van der Waals surface area contributed by atoms with E-state index < -0.39 is 6.09 Å². The van der Waals surface area contributed by atoms with Crippen molar-refractivity contribution in [1.82, 2.24) is 4.90 Å². The summed E-state index contributed by atoms with van der Waals surface area (Å²) < 4.78 is 0. The van der Waals surface area contributed by atoms with Crippen molar-refractivity contribution < 1.29 is 15.0 Å². The van der Waals surface area contributed by atoms with Gasteiger partial charge in [0.05, 0.1) is 0 Å². The van der Waals surface area contributed by atoms with E-state index in [9.17, 15) is 4.79 Å². The lowest BCUT2D eigenvalue weighted by Crippen LogP contribution is -2.39. The number of amides is 1. The summed E-state index contributed by atoms with van der Waals surface area (Å²) in [6, 6.07) is 0. The lowest BCUT2D eigenvalue weighted by atomic mass is 9.86. The van der Waals surface area contributed by atoms with Gasteiger partial charge in [-0.3, -0.25) is 0 Å². The maximum absolute atomic E-state index is 10.6. The van der Waals surface area contributed by atoms with E-state index in [1.807, 2.05) is 6.92 Å². The monoisotopic (exact) mass is 187 g/mol. The predicted molar refractivity (Wildman–Crippen MR) is 48.6 cm³/mol. The molecule has 0 saturated carbocycles. The third-order valence-electron chi connectivity index (χ3n) is 2.90. The summed E-state index contributed by atoms with van der Waals surface area (Å²) in [7, 11) is 0. The van der Waals surface area contributed by atoms with Gasteiger partial charge in [0.25, 0.3) is 0 Å². The lowest BCUT2D eigenvalue weighted by molar-refractivity contribution is 0.0998. The second-order valence-corrected chi connectivity index (χ2v) is 3.77. The van der Waals surface area contributed by atoms with Crippen molar-refractivity contribution in [3.05, 3.63) is 0 Å². The molecular weight excluding hydrogens is 170 g/mol. The van der Waals surface area contributed by atoms with Crippen LogP contribution in [0.1, 0.15) is 19.8 Å². The molecule has 0 aromatic carbocycles. The summed E-state index contributed by atoms with van der Waals surface area (Å²) in [6.45, 7) is 3.45. The van der Waals surface area contributed by atoms with Crippen LogP contribution in [0.15, 0.2) is 0 Å². The molecule has 0 aromatic heterocycles. The molecule has 0 aliphatic carbocycles. The third-order valence-corrected chi connectivity index (χ3v) is 2.90. The minimum atomic E-state index is -0.824. The van der Waals surface area contributed by atoms with Crippen LogP contribution in [0.2, 0.25) is 0 Å². The van der Waals surface area contributed by atoms with Crippen LogP contribution >= 0.6 is 0 Å². The Balaban J connectivity index is 2.34. The summed E-state index contributed by atoms with van der Waals surface area (Å²) in [4.78, 5) is 12.0. The molecule has 1 unspecified atom stereocenters. The molecule has 0 aromatic rings. The molecule has 0 radical (unpaired) electrons. The standard InChI is InChI=1S/C9H17NO3/c1-7(6-11)8-2-4-10(5-3-8)9(12)13/h7-8,11H,2-6H2,1H3,(H,12,13). The van der Waals surface area contributed by atoms with Gasteiger partial charge in [0.1, 0.15) is 0 Å². The Kier molecular flexibility index (Phi) is 3.54. The molecule has 1 heterocycles. The molecule has 1 saturated heterocycles. The average Bonchev–Trinajstić information content (AvgIpc) is 2.17. The van der Waals surface area contributed by atoms with Crippen molar-refractivity contribution in [3.63, 3.8) is 0 Å². The lowest BCUT2D eigenvalue weighted by Gasteiger charge is -2.32. The fourth-order valence-corrected chi connectivity index (χ4v) is 1.81. The minimum absolute atomic E-state index is 0.206. The largest absolute Gasteiger partial charge is 0.465 e. The van der Waals surface area contributed by atoms with E-state index in [4.69, 9.17) is 10.2 Å². The third kappa shape index (κ3) is 2.59.